The molecule has 0 heterocycles. The molecule has 2 aromatic rings. The minimum Gasteiger partial charge on any atom is -0.492 e. The molecule has 124 valence electrons. The average molecular weight is 335 g/mol. The number of anilines is 1. The van der Waals surface area contributed by atoms with E-state index in [1.807, 2.05) is 55.5 Å². The molecule has 0 atom stereocenters. The van der Waals surface area contributed by atoms with Gasteiger partial charge in [-0.2, -0.15) is 0 Å². The normalized spacial score (nSPS) is 9.83. The first-order valence-corrected chi connectivity index (χ1v) is 7.32. The summed E-state index contributed by atoms with van der Waals surface area (Å²) in [6.07, 6.45) is 0.376. The number of nitrogen functional groups attached to an aromatic ring is 1. The van der Waals surface area contributed by atoms with E-state index in [1.165, 1.54) is 0 Å². The van der Waals surface area contributed by atoms with Crippen molar-refractivity contribution in [3.8, 4) is 5.75 Å². The van der Waals surface area contributed by atoms with Crippen molar-refractivity contribution in [2.75, 3.05) is 25.9 Å². The number of benzene rings is 2. The number of amides is 1. The molecule has 0 aliphatic carbocycles. The second-order valence-corrected chi connectivity index (χ2v) is 5.40. The molecule has 0 fully saturated rings. The number of halogens is 1. The Hall–Kier alpha value is -2.20. The fourth-order valence-corrected chi connectivity index (χ4v) is 2.08. The van der Waals surface area contributed by atoms with E-state index in [4.69, 9.17) is 10.5 Å². The van der Waals surface area contributed by atoms with Gasteiger partial charge in [0.2, 0.25) is 5.91 Å². The van der Waals surface area contributed by atoms with Crippen molar-refractivity contribution in [2.24, 2.45) is 0 Å². The Morgan fingerprint density at radius 2 is 1.87 bits per heavy atom. The number of nitrogens with two attached hydrogens (primary N) is 1. The van der Waals surface area contributed by atoms with E-state index < -0.39 is 0 Å². The van der Waals surface area contributed by atoms with Crippen LogP contribution in [0.2, 0.25) is 0 Å². The maximum Gasteiger partial charge on any atom is 0.226 e. The molecule has 0 saturated carbocycles. The van der Waals surface area contributed by atoms with Crippen molar-refractivity contribution in [2.45, 2.75) is 13.3 Å². The molecule has 0 radical (unpaired) electrons. The van der Waals surface area contributed by atoms with Crippen LogP contribution in [0.1, 0.15) is 11.1 Å². The standard InChI is InChI=1S/C18H22N2O2.ClH/c1-14-4-3-5-17(12-14)22-11-10-20(2)18(21)13-15-6-8-16(19)9-7-15;/h3-9,12H,10-11,13,19H2,1-2H3;1H. The number of nitrogens with zero attached hydrogens (tertiary/aromatic N) is 1. The Morgan fingerprint density at radius 3 is 2.52 bits per heavy atom. The third-order valence-corrected chi connectivity index (χ3v) is 3.45. The highest BCUT2D eigenvalue weighted by atomic mass is 35.5. The topological polar surface area (TPSA) is 55.6 Å². The van der Waals surface area contributed by atoms with Gasteiger partial charge in [-0.15, -0.1) is 12.4 Å². The van der Waals surface area contributed by atoms with Crippen molar-refractivity contribution in [1.29, 1.82) is 0 Å². The number of ether oxygens (including phenoxy) is 1. The second-order valence-electron chi connectivity index (χ2n) is 5.40. The van der Waals surface area contributed by atoms with Crippen LogP contribution in [0.4, 0.5) is 5.69 Å². The second kappa shape index (κ2) is 9.06. The van der Waals surface area contributed by atoms with Gasteiger partial charge in [-0.3, -0.25) is 4.79 Å². The molecule has 23 heavy (non-hydrogen) atoms. The van der Waals surface area contributed by atoms with Gasteiger partial charge in [0.15, 0.2) is 0 Å². The molecule has 0 unspecified atom stereocenters. The average Bonchev–Trinajstić information content (AvgIpc) is 2.49. The maximum absolute atomic E-state index is 12.1. The van der Waals surface area contributed by atoms with E-state index in [1.54, 1.807) is 11.9 Å². The van der Waals surface area contributed by atoms with Gasteiger partial charge < -0.3 is 15.4 Å². The molecular formula is C18H23ClN2O2. The Labute approximate surface area is 143 Å². The highest BCUT2D eigenvalue weighted by Gasteiger charge is 2.09. The first kappa shape index (κ1) is 18.8. The lowest BCUT2D eigenvalue weighted by Crippen LogP contribution is -2.32. The van der Waals surface area contributed by atoms with Gasteiger partial charge in [-0.25, -0.2) is 0 Å². The van der Waals surface area contributed by atoms with E-state index in [2.05, 4.69) is 0 Å². The van der Waals surface area contributed by atoms with Crippen molar-refractivity contribution < 1.29 is 9.53 Å². The number of hydrogen-bond donors (Lipinski definition) is 1. The van der Waals surface area contributed by atoms with Crippen LogP contribution in [0.5, 0.6) is 5.75 Å². The Balaban J connectivity index is 0.00000264. The van der Waals surface area contributed by atoms with Crippen molar-refractivity contribution in [1.82, 2.24) is 4.90 Å². The molecule has 4 nitrogen and oxygen atoms in total. The molecule has 2 aromatic carbocycles. The lowest BCUT2D eigenvalue weighted by molar-refractivity contribution is -0.129. The van der Waals surface area contributed by atoms with Crippen LogP contribution in [0.15, 0.2) is 48.5 Å². The van der Waals surface area contributed by atoms with E-state index in [0.29, 0.717) is 25.3 Å². The van der Waals surface area contributed by atoms with Crippen LogP contribution in [0, 0.1) is 6.92 Å². The number of aryl methyl sites for hydroxylation is 1. The summed E-state index contributed by atoms with van der Waals surface area (Å²) in [5.74, 6) is 0.900. The van der Waals surface area contributed by atoms with Gasteiger partial charge >= 0.3 is 0 Å². The van der Waals surface area contributed by atoms with Gasteiger partial charge in [0.25, 0.3) is 0 Å². The summed E-state index contributed by atoms with van der Waals surface area (Å²) in [6.45, 7) is 3.06. The van der Waals surface area contributed by atoms with Crippen LogP contribution < -0.4 is 10.5 Å². The zero-order valence-electron chi connectivity index (χ0n) is 13.5. The highest BCUT2D eigenvalue weighted by molar-refractivity contribution is 5.85. The summed E-state index contributed by atoms with van der Waals surface area (Å²) in [6, 6.07) is 15.3. The van der Waals surface area contributed by atoms with E-state index >= 15 is 0 Å². The van der Waals surface area contributed by atoms with Crippen LogP contribution in [-0.4, -0.2) is 31.0 Å². The predicted octanol–water partition coefficient (Wildman–Crippen LogP) is 3.08. The molecule has 0 spiro atoms. The molecular weight excluding hydrogens is 312 g/mol. The molecule has 0 aliphatic rings. The molecule has 0 aromatic heterocycles. The summed E-state index contributed by atoms with van der Waals surface area (Å²) in [5, 5.41) is 0. The third kappa shape index (κ3) is 6.20. The van der Waals surface area contributed by atoms with Crippen LogP contribution in [-0.2, 0) is 11.2 Å². The zero-order chi connectivity index (χ0) is 15.9. The van der Waals surface area contributed by atoms with Crippen LogP contribution in [0.3, 0.4) is 0 Å². The van der Waals surface area contributed by atoms with Crippen molar-refractivity contribution in [3.05, 3.63) is 59.7 Å². The Morgan fingerprint density at radius 1 is 1.17 bits per heavy atom. The fraction of sp³-hybridized carbons (Fsp3) is 0.278. The van der Waals surface area contributed by atoms with Gasteiger partial charge in [-0.1, -0.05) is 24.3 Å². The highest BCUT2D eigenvalue weighted by Crippen LogP contribution is 2.12. The van der Waals surface area contributed by atoms with E-state index in [9.17, 15) is 4.79 Å². The van der Waals surface area contributed by atoms with Crippen molar-refractivity contribution >= 4 is 24.0 Å². The summed E-state index contributed by atoms with van der Waals surface area (Å²) in [7, 11) is 1.79. The summed E-state index contributed by atoms with van der Waals surface area (Å²) >= 11 is 0. The maximum atomic E-state index is 12.1. The molecule has 0 bridgehead atoms. The van der Waals surface area contributed by atoms with Gasteiger partial charge in [-0.05, 0) is 42.3 Å². The largest absolute Gasteiger partial charge is 0.492 e. The first-order chi connectivity index (χ1) is 10.5. The van der Waals surface area contributed by atoms with Crippen molar-refractivity contribution in [3.63, 3.8) is 0 Å². The number of rotatable bonds is 6. The monoisotopic (exact) mass is 334 g/mol. The summed E-state index contributed by atoms with van der Waals surface area (Å²) < 4.78 is 5.66. The Kier molecular flexibility index (Phi) is 7.42. The number of carbonyl (C=O) groups is 1. The Bertz CT molecular complexity index is 629. The van der Waals surface area contributed by atoms with Gasteiger partial charge in [0, 0.05) is 12.7 Å². The third-order valence-electron chi connectivity index (χ3n) is 3.45. The SMILES string of the molecule is Cc1cccc(OCCN(C)C(=O)Cc2ccc(N)cc2)c1.Cl. The summed E-state index contributed by atoms with van der Waals surface area (Å²) in [5.41, 5.74) is 8.46. The minimum atomic E-state index is 0. The quantitative estimate of drug-likeness (QED) is 0.826. The molecule has 1 amide bonds. The number of likely N-dealkylation sites (N-methyl/N-ethyl adjacent to an activating group) is 1. The first-order valence-electron chi connectivity index (χ1n) is 7.32. The molecule has 0 aliphatic heterocycles. The molecule has 2 rings (SSSR count). The van der Waals surface area contributed by atoms with Crippen LogP contribution >= 0.6 is 12.4 Å². The van der Waals surface area contributed by atoms with E-state index in [-0.39, 0.29) is 18.3 Å². The number of carbonyl (C=O) groups excluding carboxylic acids is 1. The smallest absolute Gasteiger partial charge is 0.226 e. The molecule has 0 saturated heterocycles. The lowest BCUT2D eigenvalue weighted by atomic mass is 10.1. The lowest BCUT2D eigenvalue weighted by Gasteiger charge is -2.17. The van der Waals surface area contributed by atoms with Gasteiger partial charge in [0.05, 0.1) is 13.0 Å². The number of hydrogen-bond acceptors (Lipinski definition) is 3. The fourth-order valence-electron chi connectivity index (χ4n) is 2.08. The molecule has 5 heteroatoms. The summed E-state index contributed by atoms with van der Waals surface area (Å²) in [4.78, 5) is 13.8. The zero-order valence-corrected chi connectivity index (χ0v) is 14.3. The molecule has 2 N–H and O–H groups in total. The van der Waals surface area contributed by atoms with Crippen LogP contribution in [0.25, 0.3) is 0 Å². The van der Waals surface area contributed by atoms with Gasteiger partial charge in [0.1, 0.15) is 12.4 Å². The predicted molar refractivity (Wildman–Crippen MR) is 96.1 cm³/mol. The van der Waals surface area contributed by atoms with E-state index in [0.717, 1.165) is 16.9 Å². The minimum absolute atomic E-state index is 0.